The fourth-order valence-corrected chi connectivity index (χ4v) is 2.08. The molecule has 100 valence electrons. The Kier molecular flexibility index (Phi) is 4.17. The summed E-state index contributed by atoms with van der Waals surface area (Å²) in [4.78, 5) is 2.01. The number of hydrogen-bond donors (Lipinski definition) is 1. The van der Waals surface area contributed by atoms with Crippen LogP contribution in [0.25, 0.3) is 0 Å². The first-order valence-electron chi connectivity index (χ1n) is 6.30. The molecule has 0 fully saturated rings. The van der Waals surface area contributed by atoms with Crippen molar-refractivity contribution in [3.63, 3.8) is 0 Å². The van der Waals surface area contributed by atoms with Crippen LogP contribution < -0.4 is 4.90 Å². The third-order valence-corrected chi connectivity index (χ3v) is 3.46. The topological polar surface area (TPSA) is 23.5 Å². The van der Waals surface area contributed by atoms with Crippen molar-refractivity contribution in [2.45, 2.75) is 19.6 Å². The number of aliphatic hydroxyl groups excluding tert-OH is 1. The van der Waals surface area contributed by atoms with Gasteiger partial charge in [-0.25, -0.2) is 4.39 Å². The molecule has 0 saturated heterocycles. The highest BCUT2D eigenvalue weighted by Gasteiger charge is 2.15. The molecule has 0 amide bonds. The Morgan fingerprint density at radius 1 is 1.11 bits per heavy atom. The maximum absolute atomic E-state index is 13.8. The Bertz CT molecular complexity index is 539. The van der Waals surface area contributed by atoms with Crippen LogP contribution in [0.1, 0.15) is 24.1 Å². The van der Waals surface area contributed by atoms with E-state index in [1.165, 1.54) is 6.07 Å². The monoisotopic (exact) mass is 259 g/mol. The molecule has 2 aromatic carbocycles. The summed E-state index contributed by atoms with van der Waals surface area (Å²) in [7, 11) is 1.94. The van der Waals surface area contributed by atoms with E-state index in [4.69, 9.17) is 5.11 Å². The number of benzene rings is 2. The van der Waals surface area contributed by atoms with E-state index < -0.39 is 0 Å². The maximum Gasteiger partial charge on any atom is 0.128 e. The van der Waals surface area contributed by atoms with Gasteiger partial charge in [0.15, 0.2) is 0 Å². The summed E-state index contributed by atoms with van der Waals surface area (Å²) in [6.07, 6.45) is 0. The lowest BCUT2D eigenvalue weighted by Crippen LogP contribution is -2.22. The van der Waals surface area contributed by atoms with E-state index in [0.717, 1.165) is 11.3 Å². The highest BCUT2D eigenvalue weighted by atomic mass is 19.1. The Morgan fingerprint density at radius 3 is 2.32 bits per heavy atom. The van der Waals surface area contributed by atoms with Crippen LogP contribution in [0.4, 0.5) is 10.1 Å². The molecule has 0 aliphatic heterocycles. The smallest absolute Gasteiger partial charge is 0.128 e. The average Bonchev–Trinajstić information content (AvgIpc) is 2.46. The number of nitrogens with zero attached hydrogens (tertiary/aromatic N) is 1. The lowest BCUT2D eigenvalue weighted by Gasteiger charge is -2.27. The number of anilines is 1. The first-order valence-corrected chi connectivity index (χ1v) is 6.30. The lowest BCUT2D eigenvalue weighted by molar-refractivity contribution is 0.282. The normalized spacial score (nSPS) is 12.2. The SMILES string of the molecule is CC(c1ccccc1F)N(C)c1ccc(CO)cc1. The van der Waals surface area contributed by atoms with E-state index in [-0.39, 0.29) is 18.5 Å². The summed E-state index contributed by atoms with van der Waals surface area (Å²) < 4.78 is 13.8. The van der Waals surface area contributed by atoms with Crippen molar-refractivity contribution >= 4 is 5.69 Å². The number of hydrogen-bond acceptors (Lipinski definition) is 2. The molecule has 2 nitrogen and oxygen atoms in total. The standard InChI is InChI=1S/C16H18FNO/c1-12(15-5-3-4-6-16(15)17)18(2)14-9-7-13(11-19)8-10-14/h3-10,12,19H,11H2,1-2H3. The molecule has 0 spiro atoms. The zero-order valence-corrected chi connectivity index (χ0v) is 11.2. The van der Waals surface area contributed by atoms with Gasteiger partial charge >= 0.3 is 0 Å². The van der Waals surface area contributed by atoms with Gasteiger partial charge in [-0.2, -0.15) is 0 Å². The van der Waals surface area contributed by atoms with Crippen LogP contribution >= 0.6 is 0 Å². The molecule has 2 aromatic rings. The van der Waals surface area contributed by atoms with Crippen molar-refractivity contribution in [2.24, 2.45) is 0 Å². The summed E-state index contributed by atoms with van der Waals surface area (Å²) >= 11 is 0. The van der Waals surface area contributed by atoms with E-state index in [1.54, 1.807) is 12.1 Å². The summed E-state index contributed by atoms with van der Waals surface area (Å²) in [5.41, 5.74) is 2.54. The number of halogens is 1. The molecule has 0 aliphatic rings. The molecular weight excluding hydrogens is 241 g/mol. The minimum atomic E-state index is -0.186. The van der Waals surface area contributed by atoms with E-state index in [0.29, 0.717) is 5.56 Å². The summed E-state index contributed by atoms with van der Waals surface area (Å²) in [5.74, 6) is -0.186. The average molecular weight is 259 g/mol. The zero-order chi connectivity index (χ0) is 13.8. The molecule has 2 rings (SSSR count). The van der Waals surface area contributed by atoms with E-state index in [1.807, 2.05) is 49.2 Å². The molecule has 0 bridgehead atoms. The number of rotatable bonds is 4. The second kappa shape index (κ2) is 5.85. The van der Waals surface area contributed by atoms with Crippen molar-refractivity contribution in [3.05, 3.63) is 65.5 Å². The van der Waals surface area contributed by atoms with E-state index in [9.17, 15) is 4.39 Å². The highest BCUT2D eigenvalue weighted by Crippen LogP contribution is 2.26. The first kappa shape index (κ1) is 13.6. The van der Waals surface area contributed by atoms with Crippen molar-refractivity contribution < 1.29 is 9.50 Å². The van der Waals surface area contributed by atoms with Gasteiger partial charge in [0.05, 0.1) is 12.6 Å². The quantitative estimate of drug-likeness (QED) is 0.908. The van der Waals surface area contributed by atoms with Crippen molar-refractivity contribution in [1.82, 2.24) is 0 Å². The lowest BCUT2D eigenvalue weighted by atomic mass is 10.1. The molecule has 0 aliphatic carbocycles. The fourth-order valence-electron chi connectivity index (χ4n) is 2.08. The number of aliphatic hydroxyl groups is 1. The molecule has 0 heterocycles. The maximum atomic E-state index is 13.8. The molecule has 0 aromatic heterocycles. The second-order valence-electron chi connectivity index (χ2n) is 4.63. The van der Waals surface area contributed by atoms with E-state index in [2.05, 4.69) is 0 Å². The third kappa shape index (κ3) is 2.93. The van der Waals surface area contributed by atoms with Gasteiger partial charge in [0.1, 0.15) is 5.82 Å². The Morgan fingerprint density at radius 2 is 1.74 bits per heavy atom. The van der Waals surface area contributed by atoms with Crippen molar-refractivity contribution in [2.75, 3.05) is 11.9 Å². The Balaban J connectivity index is 2.23. The molecule has 1 atom stereocenters. The van der Waals surface area contributed by atoms with Crippen LogP contribution in [-0.4, -0.2) is 12.2 Å². The highest BCUT2D eigenvalue weighted by molar-refractivity contribution is 5.49. The zero-order valence-electron chi connectivity index (χ0n) is 11.2. The summed E-state index contributed by atoms with van der Waals surface area (Å²) in [5, 5.41) is 9.03. The van der Waals surface area contributed by atoms with Gasteiger partial charge in [0.25, 0.3) is 0 Å². The van der Waals surface area contributed by atoms with Crippen LogP contribution in [0.2, 0.25) is 0 Å². The summed E-state index contributed by atoms with van der Waals surface area (Å²) in [6, 6.07) is 14.4. The molecule has 1 N–H and O–H groups in total. The Labute approximate surface area is 113 Å². The molecule has 3 heteroatoms. The minimum Gasteiger partial charge on any atom is -0.392 e. The van der Waals surface area contributed by atoms with Gasteiger partial charge in [-0.05, 0) is 30.7 Å². The van der Waals surface area contributed by atoms with Gasteiger partial charge in [-0.3, -0.25) is 0 Å². The molecule has 19 heavy (non-hydrogen) atoms. The predicted molar refractivity (Wildman–Crippen MR) is 75.6 cm³/mol. The Hall–Kier alpha value is -1.87. The van der Waals surface area contributed by atoms with Crippen LogP contribution in [0.15, 0.2) is 48.5 Å². The third-order valence-electron chi connectivity index (χ3n) is 3.46. The van der Waals surface area contributed by atoms with Crippen molar-refractivity contribution in [1.29, 1.82) is 0 Å². The first-order chi connectivity index (χ1) is 9.13. The molecule has 1 unspecified atom stereocenters. The largest absolute Gasteiger partial charge is 0.392 e. The predicted octanol–water partition coefficient (Wildman–Crippen LogP) is 3.52. The van der Waals surface area contributed by atoms with E-state index >= 15 is 0 Å². The van der Waals surface area contributed by atoms with Crippen LogP contribution in [0.5, 0.6) is 0 Å². The summed E-state index contributed by atoms with van der Waals surface area (Å²) in [6.45, 7) is 2.01. The molecule has 0 radical (unpaired) electrons. The molecule has 0 saturated carbocycles. The van der Waals surface area contributed by atoms with Crippen LogP contribution in [0, 0.1) is 5.82 Å². The second-order valence-corrected chi connectivity index (χ2v) is 4.63. The van der Waals surface area contributed by atoms with Gasteiger partial charge in [0, 0.05) is 18.3 Å². The van der Waals surface area contributed by atoms with Crippen LogP contribution in [-0.2, 0) is 6.61 Å². The minimum absolute atomic E-state index is 0.0346. The van der Waals surface area contributed by atoms with Crippen molar-refractivity contribution in [3.8, 4) is 0 Å². The van der Waals surface area contributed by atoms with Crippen LogP contribution in [0.3, 0.4) is 0 Å². The van der Waals surface area contributed by atoms with Gasteiger partial charge in [-0.1, -0.05) is 30.3 Å². The van der Waals surface area contributed by atoms with Gasteiger partial charge in [-0.15, -0.1) is 0 Å². The fraction of sp³-hybridized carbons (Fsp3) is 0.250. The molecular formula is C16H18FNO. The van der Waals surface area contributed by atoms with Gasteiger partial charge in [0.2, 0.25) is 0 Å². The van der Waals surface area contributed by atoms with Gasteiger partial charge < -0.3 is 10.0 Å².